The monoisotopic (exact) mass is 305 g/mol. The molecular formula is C17H23NO4. The van der Waals surface area contributed by atoms with E-state index in [4.69, 9.17) is 9.84 Å². The molecule has 0 bridgehead atoms. The molecule has 0 radical (unpaired) electrons. The third kappa shape index (κ3) is 4.23. The van der Waals surface area contributed by atoms with Crippen LogP contribution in [0.2, 0.25) is 0 Å². The number of carbonyl (C=O) groups is 2. The minimum Gasteiger partial charge on any atom is -0.497 e. The Bertz CT molecular complexity index is 543. The standard InChI is InChI=1S/C17H23NO4/c1-11(8-12-4-3-5-15(9-12)22-2)18-16(19)13-6-7-14(10-13)17(20)21/h3-5,9,11,13-14H,6-8,10H2,1-2H3,(H,18,19)(H,20,21)/t11?,13-,14+/m1/s1. The van der Waals surface area contributed by atoms with E-state index in [0.29, 0.717) is 19.3 Å². The highest BCUT2D eigenvalue weighted by Gasteiger charge is 2.34. The molecule has 22 heavy (non-hydrogen) atoms. The zero-order valence-electron chi connectivity index (χ0n) is 13.0. The molecule has 1 aliphatic carbocycles. The lowest BCUT2D eigenvalue weighted by molar-refractivity contribution is -0.141. The van der Waals surface area contributed by atoms with Crippen LogP contribution in [0, 0.1) is 11.8 Å². The average molecular weight is 305 g/mol. The second-order valence-electron chi connectivity index (χ2n) is 6.01. The van der Waals surface area contributed by atoms with Gasteiger partial charge in [-0.25, -0.2) is 0 Å². The molecule has 1 saturated carbocycles. The lowest BCUT2D eigenvalue weighted by Crippen LogP contribution is -2.37. The van der Waals surface area contributed by atoms with Gasteiger partial charge in [0.15, 0.2) is 0 Å². The number of amides is 1. The first-order chi connectivity index (χ1) is 10.5. The van der Waals surface area contributed by atoms with Gasteiger partial charge in [0.05, 0.1) is 13.0 Å². The average Bonchev–Trinajstić information content (AvgIpc) is 2.97. The number of hydrogen-bond acceptors (Lipinski definition) is 3. The molecule has 5 nitrogen and oxygen atoms in total. The predicted molar refractivity (Wildman–Crippen MR) is 82.8 cm³/mol. The molecular weight excluding hydrogens is 282 g/mol. The zero-order valence-corrected chi connectivity index (χ0v) is 13.0. The molecule has 1 unspecified atom stereocenters. The molecule has 0 saturated heterocycles. The molecule has 0 aliphatic heterocycles. The summed E-state index contributed by atoms with van der Waals surface area (Å²) in [4.78, 5) is 23.2. The molecule has 0 aromatic heterocycles. The van der Waals surface area contributed by atoms with Crippen molar-refractivity contribution >= 4 is 11.9 Å². The number of hydrogen-bond donors (Lipinski definition) is 2. The largest absolute Gasteiger partial charge is 0.497 e. The van der Waals surface area contributed by atoms with Crippen LogP contribution >= 0.6 is 0 Å². The summed E-state index contributed by atoms with van der Waals surface area (Å²) >= 11 is 0. The normalized spacial score (nSPS) is 22.1. The number of rotatable bonds is 6. The van der Waals surface area contributed by atoms with E-state index in [0.717, 1.165) is 17.7 Å². The number of ether oxygens (including phenoxy) is 1. The van der Waals surface area contributed by atoms with Gasteiger partial charge in [-0.15, -0.1) is 0 Å². The summed E-state index contributed by atoms with van der Waals surface area (Å²) in [6, 6.07) is 7.78. The molecule has 0 spiro atoms. The number of carboxylic acids is 1. The summed E-state index contributed by atoms with van der Waals surface area (Å²) in [5, 5.41) is 12.0. The van der Waals surface area contributed by atoms with Gasteiger partial charge in [-0.1, -0.05) is 12.1 Å². The van der Waals surface area contributed by atoms with Crippen molar-refractivity contribution in [3.63, 3.8) is 0 Å². The van der Waals surface area contributed by atoms with Gasteiger partial charge >= 0.3 is 5.97 Å². The fourth-order valence-electron chi connectivity index (χ4n) is 3.01. The lowest BCUT2D eigenvalue weighted by Gasteiger charge is -2.17. The lowest BCUT2D eigenvalue weighted by atomic mass is 10.0. The maximum atomic E-state index is 12.2. The summed E-state index contributed by atoms with van der Waals surface area (Å²) in [5.41, 5.74) is 1.10. The fourth-order valence-corrected chi connectivity index (χ4v) is 3.01. The van der Waals surface area contributed by atoms with Crippen molar-refractivity contribution in [2.24, 2.45) is 11.8 Å². The van der Waals surface area contributed by atoms with E-state index in [-0.39, 0.29) is 23.8 Å². The van der Waals surface area contributed by atoms with E-state index in [1.807, 2.05) is 31.2 Å². The first-order valence-electron chi connectivity index (χ1n) is 7.65. The Balaban J connectivity index is 1.85. The number of aliphatic carboxylic acids is 1. The van der Waals surface area contributed by atoms with E-state index < -0.39 is 5.97 Å². The molecule has 2 N–H and O–H groups in total. The Morgan fingerprint density at radius 1 is 1.36 bits per heavy atom. The van der Waals surface area contributed by atoms with Crippen LogP contribution in [0.15, 0.2) is 24.3 Å². The van der Waals surface area contributed by atoms with E-state index in [2.05, 4.69) is 5.32 Å². The molecule has 0 heterocycles. The quantitative estimate of drug-likeness (QED) is 0.845. The van der Waals surface area contributed by atoms with Gasteiger partial charge < -0.3 is 15.2 Å². The van der Waals surface area contributed by atoms with Gasteiger partial charge in [0.1, 0.15) is 5.75 Å². The number of carboxylic acid groups (broad SMARTS) is 1. The Morgan fingerprint density at radius 2 is 2.09 bits per heavy atom. The SMILES string of the molecule is COc1cccc(CC(C)NC(=O)[C@@H]2CC[C@H](C(=O)O)C2)c1. The minimum atomic E-state index is -0.792. The molecule has 120 valence electrons. The topological polar surface area (TPSA) is 75.6 Å². The summed E-state index contributed by atoms with van der Waals surface area (Å²) in [6.45, 7) is 1.96. The maximum absolute atomic E-state index is 12.2. The van der Waals surface area contributed by atoms with Gasteiger partial charge in [0.2, 0.25) is 5.91 Å². The van der Waals surface area contributed by atoms with E-state index in [1.54, 1.807) is 7.11 Å². The van der Waals surface area contributed by atoms with Gasteiger partial charge in [-0.2, -0.15) is 0 Å². The van der Waals surface area contributed by atoms with Crippen molar-refractivity contribution in [1.82, 2.24) is 5.32 Å². The number of benzene rings is 1. The number of methoxy groups -OCH3 is 1. The van der Waals surface area contributed by atoms with Gasteiger partial charge in [0.25, 0.3) is 0 Å². The van der Waals surface area contributed by atoms with E-state index in [9.17, 15) is 9.59 Å². The van der Waals surface area contributed by atoms with Crippen molar-refractivity contribution in [3.8, 4) is 5.75 Å². The first-order valence-corrected chi connectivity index (χ1v) is 7.65. The third-order valence-corrected chi connectivity index (χ3v) is 4.22. The molecule has 1 aliphatic rings. The number of carbonyl (C=O) groups excluding carboxylic acids is 1. The van der Waals surface area contributed by atoms with E-state index >= 15 is 0 Å². The van der Waals surface area contributed by atoms with Crippen LogP contribution in [0.3, 0.4) is 0 Å². The molecule has 5 heteroatoms. The molecule has 3 atom stereocenters. The molecule has 2 rings (SSSR count). The Morgan fingerprint density at radius 3 is 2.73 bits per heavy atom. The highest BCUT2D eigenvalue weighted by atomic mass is 16.5. The van der Waals surface area contributed by atoms with Crippen LogP contribution in [-0.4, -0.2) is 30.1 Å². The second kappa shape index (κ2) is 7.29. The molecule has 1 aromatic carbocycles. The number of nitrogens with one attached hydrogen (secondary N) is 1. The van der Waals surface area contributed by atoms with Crippen LogP contribution in [0.5, 0.6) is 5.75 Å². The fraction of sp³-hybridized carbons (Fsp3) is 0.529. The van der Waals surface area contributed by atoms with Gasteiger partial charge in [-0.3, -0.25) is 9.59 Å². The van der Waals surface area contributed by atoms with Crippen molar-refractivity contribution in [2.75, 3.05) is 7.11 Å². The second-order valence-corrected chi connectivity index (χ2v) is 6.01. The Labute approximate surface area is 130 Å². The smallest absolute Gasteiger partial charge is 0.306 e. The zero-order chi connectivity index (χ0) is 16.1. The maximum Gasteiger partial charge on any atom is 0.306 e. The van der Waals surface area contributed by atoms with Gasteiger partial charge in [0, 0.05) is 12.0 Å². The Hall–Kier alpha value is -2.04. The summed E-state index contributed by atoms with van der Waals surface area (Å²) < 4.78 is 5.19. The summed E-state index contributed by atoms with van der Waals surface area (Å²) in [6.07, 6.45) is 2.43. The molecule has 1 amide bonds. The molecule has 1 fully saturated rings. The summed E-state index contributed by atoms with van der Waals surface area (Å²) in [5.74, 6) is -0.562. The van der Waals surface area contributed by atoms with Crippen LogP contribution < -0.4 is 10.1 Å². The van der Waals surface area contributed by atoms with E-state index in [1.165, 1.54) is 0 Å². The first kappa shape index (κ1) is 16.3. The van der Waals surface area contributed by atoms with Crippen molar-refractivity contribution in [1.29, 1.82) is 0 Å². The van der Waals surface area contributed by atoms with Crippen LogP contribution in [0.4, 0.5) is 0 Å². The highest BCUT2D eigenvalue weighted by Crippen LogP contribution is 2.31. The highest BCUT2D eigenvalue weighted by molar-refractivity contribution is 5.81. The van der Waals surface area contributed by atoms with Crippen molar-refractivity contribution in [3.05, 3.63) is 29.8 Å². The van der Waals surface area contributed by atoms with Gasteiger partial charge in [-0.05, 0) is 50.3 Å². The third-order valence-electron chi connectivity index (χ3n) is 4.22. The summed E-state index contributed by atoms with van der Waals surface area (Å²) in [7, 11) is 1.63. The van der Waals surface area contributed by atoms with Crippen LogP contribution in [0.25, 0.3) is 0 Å². The van der Waals surface area contributed by atoms with Crippen molar-refractivity contribution < 1.29 is 19.4 Å². The minimum absolute atomic E-state index is 0.00323. The Kier molecular flexibility index (Phi) is 5.41. The van der Waals surface area contributed by atoms with Crippen LogP contribution in [0.1, 0.15) is 31.7 Å². The van der Waals surface area contributed by atoms with Crippen LogP contribution in [-0.2, 0) is 16.0 Å². The predicted octanol–water partition coefficient (Wildman–Crippen LogP) is 2.24. The molecule has 1 aromatic rings. The van der Waals surface area contributed by atoms with Crippen molar-refractivity contribution in [2.45, 2.75) is 38.6 Å².